The van der Waals surface area contributed by atoms with Gasteiger partial charge in [0.2, 0.25) is 0 Å². The molecule has 1 aromatic heterocycles. The molecule has 0 aromatic carbocycles. The van der Waals surface area contributed by atoms with Crippen molar-refractivity contribution in [2.45, 2.75) is 46.1 Å². The predicted octanol–water partition coefficient (Wildman–Crippen LogP) is 4.23. The van der Waals surface area contributed by atoms with Crippen LogP contribution in [0.25, 0.3) is 0 Å². The van der Waals surface area contributed by atoms with Crippen LogP contribution < -0.4 is 5.32 Å². The molecule has 1 N–H and O–H groups in total. The lowest BCUT2D eigenvalue weighted by Crippen LogP contribution is -2.22. The Labute approximate surface area is 97.9 Å². The van der Waals surface area contributed by atoms with E-state index in [1.807, 2.05) is 11.3 Å². The third-order valence-electron chi connectivity index (χ3n) is 3.06. The molecule has 0 spiro atoms. The highest BCUT2D eigenvalue weighted by Crippen LogP contribution is 2.27. The monoisotopic (exact) mass is 225 g/mol. The van der Waals surface area contributed by atoms with Gasteiger partial charge in [0.05, 0.1) is 0 Å². The van der Waals surface area contributed by atoms with Gasteiger partial charge in [-0.3, -0.25) is 0 Å². The standard InChI is InChI=1S/C13H23NS/c1-4-11(5-2)10-12(14-6-3)13-8-7-9-15-13/h7-9,11-12,14H,4-6,10H2,1-3H3. The summed E-state index contributed by atoms with van der Waals surface area (Å²) >= 11 is 1.87. The fourth-order valence-electron chi connectivity index (χ4n) is 1.99. The van der Waals surface area contributed by atoms with Gasteiger partial charge in [0.25, 0.3) is 0 Å². The van der Waals surface area contributed by atoms with Gasteiger partial charge in [0.1, 0.15) is 0 Å². The Kier molecular flexibility index (Phi) is 5.96. The highest BCUT2D eigenvalue weighted by molar-refractivity contribution is 7.10. The first-order valence-electron chi connectivity index (χ1n) is 6.08. The van der Waals surface area contributed by atoms with Crippen molar-refractivity contribution in [1.29, 1.82) is 0 Å². The van der Waals surface area contributed by atoms with E-state index in [9.17, 15) is 0 Å². The second-order valence-electron chi connectivity index (χ2n) is 4.04. The van der Waals surface area contributed by atoms with E-state index in [0.29, 0.717) is 6.04 Å². The van der Waals surface area contributed by atoms with Gasteiger partial charge in [-0.2, -0.15) is 0 Å². The van der Waals surface area contributed by atoms with Crippen LogP contribution in [-0.2, 0) is 0 Å². The molecule has 1 nitrogen and oxygen atoms in total. The Morgan fingerprint density at radius 3 is 2.47 bits per heavy atom. The smallest absolute Gasteiger partial charge is 0.0417 e. The van der Waals surface area contributed by atoms with Crippen molar-refractivity contribution in [2.75, 3.05) is 6.54 Å². The summed E-state index contributed by atoms with van der Waals surface area (Å²) in [6.45, 7) is 7.84. The van der Waals surface area contributed by atoms with Gasteiger partial charge < -0.3 is 5.32 Å². The molecule has 0 bridgehead atoms. The summed E-state index contributed by atoms with van der Waals surface area (Å²) in [7, 11) is 0. The molecule has 0 saturated carbocycles. The maximum absolute atomic E-state index is 3.59. The highest BCUT2D eigenvalue weighted by Gasteiger charge is 2.15. The predicted molar refractivity (Wildman–Crippen MR) is 69.4 cm³/mol. The lowest BCUT2D eigenvalue weighted by atomic mass is 9.94. The summed E-state index contributed by atoms with van der Waals surface area (Å²) in [5.41, 5.74) is 0. The maximum Gasteiger partial charge on any atom is 0.0417 e. The molecule has 2 heteroatoms. The molecule has 0 saturated heterocycles. The minimum absolute atomic E-state index is 0.569. The number of thiophene rings is 1. The molecule has 1 heterocycles. The fourth-order valence-corrected chi connectivity index (χ4v) is 2.81. The van der Waals surface area contributed by atoms with Crippen molar-refractivity contribution in [3.05, 3.63) is 22.4 Å². The molecule has 1 aromatic rings. The number of nitrogens with one attached hydrogen (secondary N) is 1. The average Bonchev–Trinajstić information content (AvgIpc) is 2.77. The first kappa shape index (κ1) is 12.7. The minimum Gasteiger partial charge on any atom is -0.310 e. The molecule has 15 heavy (non-hydrogen) atoms. The largest absolute Gasteiger partial charge is 0.310 e. The van der Waals surface area contributed by atoms with Crippen molar-refractivity contribution in [2.24, 2.45) is 5.92 Å². The van der Waals surface area contributed by atoms with E-state index in [1.165, 1.54) is 24.1 Å². The summed E-state index contributed by atoms with van der Waals surface area (Å²) in [6, 6.07) is 4.97. The van der Waals surface area contributed by atoms with Crippen LogP contribution in [-0.4, -0.2) is 6.54 Å². The molecule has 0 aliphatic carbocycles. The Hall–Kier alpha value is -0.340. The average molecular weight is 225 g/mol. The van der Waals surface area contributed by atoms with Crippen molar-refractivity contribution in [3.63, 3.8) is 0 Å². The Morgan fingerprint density at radius 1 is 1.27 bits per heavy atom. The van der Waals surface area contributed by atoms with E-state index < -0.39 is 0 Å². The Morgan fingerprint density at radius 2 is 2.00 bits per heavy atom. The van der Waals surface area contributed by atoms with Gasteiger partial charge in [-0.05, 0) is 30.3 Å². The Balaban J connectivity index is 2.58. The lowest BCUT2D eigenvalue weighted by Gasteiger charge is -2.21. The van der Waals surface area contributed by atoms with Crippen LogP contribution in [0, 0.1) is 5.92 Å². The van der Waals surface area contributed by atoms with E-state index in [0.717, 1.165) is 12.5 Å². The van der Waals surface area contributed by atoms with Crippen LogP contribution >= 0.6 is 11.3 Å². The highest BCUT2D eigenvalue weighted by atomic mass is 32.1. The van der Waals surface area contributed by atoms with E-state index in [4.69, 9.17) is 0 Å². The first-order chi connectivity index (χ1) is 7.31. The lowest BCUT2D eigenvalue weighted by molar-refractivity contribution is 0.379. The number of hydrogen-bond donors (Lipinski definition) is 1. The van der Waals surface area contributed by atoms with Gasteiger partial charge in [-0.15, -0.1) is 11.3 Å². The van der Waals surface area contributed by atoms with Crippen LogP contribution in [0.2, 0.25) is 0 Å². The van der Waals surface area contributed by atoms with Gasteiger partial charge >= 0.3 is 0 Å². The van der Waals surface area contributed by atoms with Gasteiger partial charge in [0.15, 0.2) is 0 Å². The molecule has 1 unspecified atom stereocenters. The summed E-state index contributed by atoms with van der Waals surface area (Å²) in [5, 5.41) is 5.77. The van der Waals surface area contributed by atoms with Crippen LogP contribution in [0.3, 0.4) is 0 Å². The van der Waals surface area contributed by atoms with Crippen molar-refractivity contribution in [1.82, 2.24) is 5.32 Å². The zero-order chi connectivity index (χ0) is 11.1. The van der Waals surface area contributed by atoms with E-state index in [1.54, 1.807) is 0 Å². The summed E-state index contributed by atoms with van der Waals surface area (Å²) in [4.78, 5) is 1.49. The summed E-state index contributed by atoms with van der Waals surface area (Å²) in [6.07, 6.45) is 3.87. The number of hydrogen-bond acceptors (Lipinski definition) is 2. The topological polar surface area (TPSA) is 12.0 Å². The van der Waals surface area contributed by atoms with E-state index in [2.05, 4.69) is 43.6 Å². The van der Waals surface area contributed by atoms with Gasteiger partial charge in [-0.25, -0.2) is 0 Å². The third kappa shape index (κ3) is 3.96. The molecule has 1 rings (SSSR count). The van der Waals surface area contributed by atoms with Crippen LogP contribution in [0.1, 0.15) is 51.0 Å². The molecule has 0 amide bonds. The van der Waals surface area contributed by atoms with Crippen LogP contribution in [0.4, 0.5) is 0 Å². The van der Waals surface area contributed by atoms with Crippen LogP contribution in [0.15, 0.2) is 17.5 Å². The van der Waals surface area contributed by atoms with Crippen molar-refractivity contribution in [3.8, 4) is 0 Å². The second kappa shape index (κ2) is 7.02. The Bertz CT molecular complexity index is 239. The zero-order valence-electron chi connectivity index (χ0n) is 10.1. The van der Waals surface area contributed by atoms with Gasteiger partial charge in [0, 0.05) is 10.9 Å². The molecule has 0 aliphatic rings. The second-order valence-corrected chi connectivity index (χ2v) is 5.02. The molecule has 0 aliphatic heterocycles. The SMILES string of the molecule is CCNC(CC(CC)CC)c1cccs1. The first-order valence-corrected chi connectivity index (χ1v) is 6.96. The summed E-state index contributed by atoms with van der Waals surface area (Å²) < 4.78 is 0. The normalized spacial score (nSPS) is 13.3. The molecule has 1 atom stereocenters. The van der Waals surface area contributed by atoms with Crippen LogP contribution in [0.5, 0.6) is 0 Å². The molecule has 0 fully saturated rings. The van der Waals surface area contributed by atoms with Gasteiger partial charge in [-0.1, -0.05) is 39.7 Å². The quantitative estimate of drug-likeness (QED) is 0.732. The molecule has 86 valence electrons. The van der Waals surface area contributed by atoms with Crippen molar-refractivity contribution < 1.29 is 0 Å². The number of rotatable bonds is 7. The summed E-state index contributed by atoms with van der Waals surface area (Å²) in [5.74, 6) is 0.858. The fraction of sp³-hybridized carbons (Fsp3) is 0.692. The molecular weight excluding hydrogens is 202 g/mol. The van der Waals surface area contributed by atoms with Crippen molar-refractivity contribution >= 4 is 11.3 Å². The zero-order valence-corrected chi connectivity index (χ0v) is 10.9. The molecular formula is C13H23NS. The van der Waals surface area contributed by atoms with E-state index in [-0.39, 0.29) is 0 Å². The molecule has 0 radical (unpaired) electrons. The maximum atomic E-state index is 3.59. The van der Waals surface area contributed by atoms with E-state index >= 15 is 0 Å². The third-order valence-corrected chi connectivity index (χ3v) is 4.05. The minimum atomic E-state index is 0.569.